The van der Waals surface area contributed by atoms with Crippen LogP contribution in [0.4, 0.5) is 5.69 Å². The minimum atomic E-state index is 0.242. The van der Waals surface area contributed by atoms with Crippen molar-refractivity contribution in [1.29, 1.82) is 0 Å². The molecular weight excluding hydrogens is 432 g/mol. The number of aromatic nitrogens is 1. The Labute approximate surface area is 198 Å². The van der Waals surface area contributed by atoms with Gasteiger partial charge in [0.15, 0.2) is 0 Å². The maximum atomic E-state index is 6.37. The van der Waals surface area contributed by atoms with E-state index in [-0.39, 0.29) is 6.10 Å². The molecule has 1 fully saturated rings. The molecule has 5 nitrogen and oxygen atoms in total. The highest BCUT2D eigenvalue weighted by Crippen LogP contribution is 2.35. The number of ether oxygens (including phenoxy) is 1. The molecule has 6 rings (SSSR count). The summed E-state index contributed by atoms with van der Waals surface area (Å²) in [7, 11) is 2.10. The van der Waals surface area contributed by atoms with Crippen molar-refractivity contribution in [2.75, 3.05) is 18.5 Å². The fraction of sp³-hybridized carbons (Fsp3) is 0.333. The third-order valence-electron chi connectivity index (χ3n) is 7.07. The normalized spacial score (nSPS) is 22.3. The second-order valence-corrected chi connectivity index (χ2v) is 9.68. The zero-order valence-electron chi connectivity index (χ0n) is 18.7. The number of likely N-dealkylation sites (N-methyl/N-ethyl adjacent to an activating group) is 1. The zero-order valence-corrected chi connectivity index (χ0v) is 19.5. The maximum Gasteiger partial charge on any atom is 0.120 e. The van der Waals surface area contributed by atoms with Crippen molar-refractivity contribution < 1.29 is 4.74 Å². The third kappa shape index (κ3) is 3.84. The van der Waals surface area contributed by atoms with Gasteiger partial charge in [-0.2, -0.15) is 10.2 Å². The van der Waals surface area contributed by atoms with Crippen molar-refractivity contribution in [2.45, 2.75) is 38.3 Å². The lowest BCUT2D eigenvalue weighted by Crippen LogP contribution is -2.28. The first-order valence-electron chi connectivity index (χ1n) is 11.7. The van der Waals surface area contributed by atoms with Gasteiger partial charge in [0.25, 0.3) is 0 Å². The number of allylic oxidation sites excluding steroid dienone is 1. The Hall–Kier alpha value is -3.05. The SMILES string of the molecule is CN1CC=C(Cl)C=c2[nH]c3c(c21)CN=NC=3[C@H]1CC[C@H](Oc2ccc3ccccc3c2)CC1. The Bertz CT molecular complexity index is 1400. The predicted molar refractivity (Wildman–Crippen MR) is 134 cm³/mol. The lowest BCUT2D eigenvalue weighted by Gasteiger charge is -2.29. The Morgan fingerprint density at radius 2 is 1.88 bits per heavy atom. The highest BCUT2D eigenvalue weighted by atomic mass is 35.5. The number of hydrogen-bond acceptors (Lipinski definition) is 4. The lowest BCUT2D eigenvalue weighted by molar-refractivity contribution is 0.142. The van der Waals surface area contributed by atoms with Crippen LogP contribution in [0.15, 0.2) is 63.8 Å². The summed E-state index contributed by atoms with van der Waals surface area (Å²) in [5, 5.41) is 14.6. The molecule has 2 aromatic carbocycles. The molecule has 1 saturated carbocycles. The van der Waals surface area contributed by atoms with E-state index in [4.69, 9.17) is 16.3 Å². The van der Waals surface area contributed by atoms with Crippen LogP contribution in [0.3, 0.4) is 0 Å². The smallest absolute Gasteiger partial charge is 0.120 e. The summed E-state index contributed by atoms with van der Waals surface area (Å²) in [6.45, 7) is 1.40. The summed E-state index contributed by atoms with van der Waals surface area (Å²) in [5.74, 6) is 1.35. The Balaban J connectivity index is 1.23. The molecule has 33 heavy (non-hydrogen) atoms. The van der Waals surface area contributed by atoms with Gasteiger partial charge in [0.05, 0.1) is 34.7 Å². The average Bonchev–Trinajstić information content (AvgIpc) is 3.14. The van der Waals surface area contributed by atoms with Crippen LogP contribution in [0.2, 0.25) is 0 Å². The number of H-pyrrole nitrogens is 1. The molecule has 1 aromatic heterocycles. The number of azo groups is 1. The fourth-order valence-electron chi connectivity index (χ4n) is 5.38. The standard InChI is InChI=1S/C27H27ClN4O/c1-32-13-12-20(28)15-24-27(32)23-16-29-31-25(26(23)30-24)18-7-9-21(10-8-18)33-22-11-6-17-4-2-3-5-19(17)14-22/h2-6,11-12,14-15,18,21,30H,7-10,13,16H2,1H3/t18-,21-. The van der Waals surface area contributed by atoms with E-state index >= 15 is 0 Å². The lowest BCUT2D eigenvalue weighted by atomic mass is 9.84. The molecule has 0 saturated heterocycles. The molecule has 0 unspecified atom stereocenters. The molecule has 1 aliphatic carbocycles. The number of rotatable bonds is 3. The van der Waals surface area contributed by atoms with Crippen LogP contribution < -0.4 is 20.3 Å². The van der Waals surface area contributed by atoms with Gasteiger partial charge in [-0.25, -0.2) is 0 Å². The van der Waals surface area contributed by atoms with Gasteiger partial charge in [-0.3, -0.25) is 0 Å². The highest BCUT2D eigenvalue weighted by molar-refractivity contribution is 6.34. The molecule has 6 heteroatoms. The molecule has 0 spiro atoms. The van der Waals surface area contributed by atoms with E-state index < -0.39 is 0 Å². The number of aromatic amines is 1. The average molecular weight is 459 g/mol. The number of benzene rings is 2. The quantitative estimate of drug-likeness (QED) is 0.584. The third-order valence-corrected chi connectivity index (χ3v) is 7.34. The Morgan fingerprint density at radius 1 is 1.06 bits per heavy atom. The number of nitrogens with one attached hydrogen (secondary N) is 1. The Kier molecular flexibility index (Phi) is 5.22. The van der Waals surface area contributed by atoms with Crippen molar-refractivity contribution in [1.82, 2.24) is 4.98 Å². The van der Waals surface area contributed by atoms with Crippen molar-refractivity contribution in [3.63, 3.8) is 0 Å². The number of fused-ring (bicyclic) bond motifs is 4. The van der Waals surface area contributed by atoms with Gasteiger partial charge in [0.1, 0.15) is 5.75 Å². The van der Waals surface area contributed by atoms with Crippen molar-refractivity contribution in [3.8, 4) is 5.75 Å². The van der Waals surface area contributed by atoms with Crippen LogP contribution >= 0.6 is 11.6 Å². The van der Waals surface area contributed by atoms with Crippen LogP contribution in [0, 0.1) is 5.92 Å². The van der Waals surface area contributed by atoms with Gasteiger partial charge in [-0.1, -0.05) is 41.9 Å². The van der Waals surface area contributed by atoms with E-state index in [2.05, 4.69) is 69.6 Å². The summed E-state index contributed by atoms with van der Waals surface area (Å²) in [5.41, 5.74) is 3.53. The molecule has 0 amide bonds. The van der Waals surface area contributed by atoms with E-state index in [1.165, 1.54) is 22.0 Å². The molecular formula is C27H27ClN4O. The molecule has 2 aliphatic heterocycles. The van der Waals surface area contributed by atoms with Crippen LogP contribution in [0.25, 0.3) is 22.5 Å². The first-order chi connectivity index (χ1) is 16.2. The minimum Gasteiger partial charge on any atom is -0.490 e. The zero-order chi connectivity index (χ0) is 22.4. The van der Waals surface area contributed by atoms with Gasteiger partial charge in [0, 0.05) is 30.1 Å². The second-order valence-electron chi connectivity index (χ2n) is 9.24. The monoisotopic (exact) mass is 458 g/mol. The molecule has 3 heterocycles. The first-order valence-corrected chi connectivity index (χ1v) is 12.1. The van der Waals surface area contributed by atoms with Crippen molar-refractivity contribution in [3.05, 3.63) is 69.8 Å². The van der Waals surface area contributed by atoms with Crippen LogP contribution in [-0.4, -0.2) is 24.7 Å². The number of anilines is 1. The van der Waals surface area contributed by atoms with E-state index in [0.29, 0.717) is 12.5 Å². The van der Waals surface area contributed by atoms with Gasteiger partial charge in [-0.15, -0.1) is 0 Å². The van der Waals surface area contributed by atoms with Crippen LogP contribution in [0.1, 0.15) is 31.2 Å². The van der Waals surface area contributed by atoms with Crippen LogP contribution in [0.5, 0.6) is 5.75 Å². The summed E-state index contributed by atoms with van der Waals surface area (Å²) in [6, 6.07) is 14.8. The molecule has 168 valence electrons. The van der Waals surface area contributed by atoms with Gasteiger partial charge < -0.3 is 14.6 Å². The minimum absolute atomic E-state index is 0.242. The number of halogens is 1. The molecule has 3 aromatic rings. The van der Waals surface area contributed by atoms with E-state index in [1.54, 1.807) is 0 Å². The van der Waals surface area contributed by atoms with E-state index in [9.17, 15) is 0 Å². The van der Waals surface area contributed by atoms with Crippen LogP contribution in [-0.2, 0) is 6.54 Å². The van der Waals surface area contributed by atoms with Crippen molar-refractivity contribution in [2.24, 2.45) is 16.1 Å². The highest BCUT2D eigenvalue weighted by Gasteiger charge is 2.29. The summed E-state index contributed by atoms with van der Waals surface area (Å²) in [4.78, 5) is 5.87. The second kappa shape index (κ2) is 8.38. The summed E-state index contributed by atoms with van der Waals surface area (Å²) >= 11 is 6.37. The van der Waals surface area contributed by atoms with E-state index in [1.807, 2.05) is 12.2 Å². The molecule has 3 aliphatic rings. The summed E-state index contributed by atoms with van der Waals surface area (Å²) < 4.78 is 6.37. The molecule has 1 N–H and O–H groups in total. The molecule has 0 bridgehead atoms. The predicted octanol–water partition coefficient (Wildman–Crippen LogP) is 5.23. The molecule has 0 atom stereocenters. The maximum absolute atomic E-state index is 6.37. The first kappa shape index (κ1) is 20.5. The van der Waals surface area contributed by atoms with Crippen molar-refractivity contribution >= 4 is 39.8 Å². The van der Waals surface area contributed by atoms with Gasteiger partial charge in [-0.05, 0) is 60.7 Å². The topological polar surface area (TPSA) is 53.0 Å². The van der Waals surface area contributed by atoms with E-state index in [0.717, 1.165) is 59.4 Å². The number of hydrogen-bond donors (Lipinski definition) is 1. The van der Waals surface area contributed by atoms with Gasteiger partial charge in [0.2, 0.25) is 0 Å². The number of nitrogens with zero attached hydrogens (tertiary/aromatic N) is 3. The van der Waals surface area contributed by atoms with Gasteiger partial charge >= 0.3 is 0 Å². The summed E-state index contributed by atoms with van der Waals surface area (Å²) in [6.07, 6.45) is 8.44. The Morgan fingerprint density at radius 3 is 2.73 bits per heavy atom. The largest absolute Gasteiger partial charge is 0.490 e. The molecule has 0 radical (unpaired) electrons. The fourth-order valence-corrected chi connectivity index (χ4v) is 5.56.